The van der Waals surface area contributed by atoms with E-state index in [1.807, 2.05) is 18.2 Å². The minimum atomic E-state index is -0.580. The first kappa shape index (κ1) is 16.4. The fourth-order valence-corrected chi connectivity index (χ4v) is 2.04. The number of pyridine rings is 1. The lowest BCUT2D eigenvalue weighted by Gasteiger charge is -2.19. The molecule has 0 bridgehead atoms. The number of hydrogen-bond acceptors (Lipinski definition) is 7. The lowest BCUT2D eigenvalue weighted by Crippen LogP contribution is -2.15. The first-order chi connectivity index (χ1) is 12.2. The van der Waals surface area contributed by atoms with Gasteiger partial charge in [-0.2, -0.15) is 4.98 Å². The largest absolute Gasteiger partial charge is 0.486 e. The van der Waals surface area contributed by atoms with Gasteiger partial charge in [0.25, 0.3) is 0 Å². The zero-order valence-corrected chi connectivity index (χ0v) is 13.2. The molecule has 2 aromatic heterocycles. The van der Waals surface area contributed by atoms with E-state index in [2.05, 4.69) is 20.3 Å². The number of nitrogens with two attached hydrogens (primary N) is 1. The van der Waals surface area contributed by atoms with Gasteiger partial charge in [-0.3, -0.25) is 4.98 Å². The highest BCUT2D eigenvalue weighted by molar-refractivity contribution is 5.62. The molecule has 0 saturated heterocycles. The smallest absolute Gasteiger partial charge is 0.222 e. The molecule has 0 radical (unpaired) electrons. The fraction of sp³-hybridized carbons (Fsp3) is 0.118. The molecule has 0 spiro atoms. The summed E-state index contributed by atoms with van der Waals surface area (Å²) >= 11 is 0. The van der Waals surface area contributed by atoms with Crippen molar-refractivity contribution < 1.29 is 13.9 Å². The number of hydrogen-bond donors (Lipinski definition) is 2. The first-order valence-electron chi connectivity index (χ1n) is 7.52. The quantitative estimate of drug-likeness (QED) is 0.740. The molecule has 25 heavy (non-hydrogen) atoms. The minimum absolute atomic E-state index is 0.00134. The van der Waals surface area contributed by atoms with Gasteiger partial charge in [0, 0.05) is 24.1 Å². The molecule has 0 aliphatic carbocycles. The van der Waals surface area contributed by atoms with Crippen LogP contribution >= 0.6 is 0 Å². The lowest BCUT2D eigenvalue weighted by atomic mass is 10.2. The number of anilines is 3. The van der Waals surface area contributed by atoms with E-state index < -0.39 is 5.82 Å². The number of halogens is 1. The molecule has 7 nitrogen and oxygen atoms in total. The van der Waals surface area contributed by atoms with Gasteiger partial charge in [-0.15, -0.1) is 0 Å². The van der Waals surface area contributed by atoms with Crippen molar-refractivity contribution in [3.63, 3.8) is 0 Å². The molecule has 3 heterocycles. The highest BCUT2D eigenvalue weighted by Crippen LogP contribution is 2.33. The van der Waals surface area contributed by atoms with Crippen LogP contribution in [0.25, 0.3) is 0 Å². The summed E-state index contributed by atoms with van der Waals surface area (Å²) in [5, 5.41) is 2.82. The molecular formula is C17H16FN5O2. The summed E-state index contributed by atoms with van der Waals surface area (Å²) in [6, 6.07) is 10.9. The number of aromatic nitrogens is 3. The van der Waals surface area contributed by atoms with Crippen LogP contribution < -0.4 is 20.5 Å². The molecule has 3 N–H and O–H groups in total. The van der Waals surface area contributed by atoms with Crippen molar-refractivity contribution in [2.45, 2.75) is 0 Å². The van der Waals surface area contributed by atoms with Gasteiger partial charge in [0.05, 0.1) is 6.20 Å². The predicted molar refractivity (Wildman–Crippen MR) is 91.4 cm³/mol. The van der Waals surface area contributed by atoms with Crippen molar-refractivity contribution in [3.8, 4) is 11.5 Å². The molecule has 8 heteroatoms. The average molecular weight is 341 g/mol. The van der Waals surface area contributed by atoms with Gasteiger partial charge < -0.3 is 20.5 Å². The van der Waals surface area contributed by atoms with Crippen molar-refractivity contribution in [2.75, 3.05) is 24.3 Å². The lowest BCUT2D eigenvalue weighted by molar-refractivity contribution is 0.171. The third kappa shape index (κ3) is 4.54. The van der Waals surface area contributed by atoms with E-state index in [0.29, 0.717) is 30.4 Å². The third-order valence-electron chi connectivity index (χ3n) is 3.13. The number of fused-ring (bicyclic) bond motifs is 1. The molecule has 0 atom stereocenters. The maximum Gasteiger partial charge on any atom is 0.222 e. The van der Waals surface area contributed by atoms with Crippen LogP contribution in [0.4, 0.5) is 21.8 Å². The molecule has 0 amide bonds. The summed E-state index contributed by atoms with van der Waals surface area (Å²) in [5.41, 5.74) is 6.04. The summed E-state index contributed by atoms with van der Waals surface area (Å²) < 4.78 is 24.3. The second-order valence-electron chi connectivity index (χ2n) is 4.93. The van der Waals surface area contributed by atoms with Gasteiger partial charge in [-0.25, -0.2) is 9.37 Å². The summed E-state index contributed by atoms with van der Waals surface area (Å²) in [7, 11) is 0. The molecule has 1 aromatic carbocycles. The van der Waals surface area contributed by atoms with Crippen molar-refractivity contribution in [3.05, 3.63) is 60.8 Å². The highest BCUT2D eigenvalue weighted by Gasteiger charge is 2.13. The zero-order chi connectivity index (χ0) is 17.5. The van der Waals surface area contributed by atoms with E-state index in [-0.39, 0.29) is 11.8 Å². The van der Waals surface area contributed by atoms with Gasteiger partial charge in [0.2, 0.25) is 5.95 Å². The van der Waals surface area contributed by atoms with E-state index in [4.69, 9.17) is 15.2 Å². The summed E-state index contributed by atoms with van der Waals surface area (Å²) in [6.45, 7) is 1.02. The Morgan fingerprint density at radius 1 is 1.04 bits per heavy atom. The monoisotopic (exact) mass is 341 g/mol. The number of nitrogens with one attached hydrogen (secondary N) is 1. The third-order valence-corrected chi connectivity index (χ3v) is 3.13. The molecule has 4 rings (SSSR count). The first-order valence-corrected chi connectivity index (χ1v) is 7.52. The number of nitrogens with zero attached hydrogens (tertiary/aromatic N) is 3. The maximum atomic E-state index is 13.5. The SMILES string of the molecule is Nc1ncc(F)c(Nc2ccc3c(c2)OCCO3)n1.c1ccncc1. The molecule has 1 aliphatic heterocycles. The van der Waals surface area contributed by atoms with Crippen LogP contribution in [0.2, 0.25) is 0 Å². The van der Waals surface area contributed by atoms with E-state index in [1.165, 1.54) is 0 Å². The molecule has 0 fully saturated rings. The van der Waals surface area contributed by atoms with Crippen LogP contribution in [0.3, 0.4) is 0 Å². The molecule has 1 aliphatic rings. The van der Waals surface area contributed by atoms with Gasteiger partial charge in [-0.05, 0) is 24.3 Å². The Balaban J connectivity index is 0.000000258. The van der Waals surface area contributed by atoms with Gasteiger partial charge >= 0.3 is 0 Å². The van der Waals surface area contributed by atoms with Crippen LogP contribution in [0.1, 0.15) is 0 Å². The number of benzene rings is 1. The Hall–Kier alpha value is -3.42. The van der Waals surface area contributed by atoms with Gasteiger partial charge in [0.15, 0.2) is 23.1 Å². The number of rotatable bonds is 2. The van der Waals surface area contributed by atoms with Crippen molar-refractivity contribution in [1.82, 2.24) is 15.0 Å². The van der Waals surface area contributed by atoms with Crippen LogP contribution in [-0.4, -0.2) is 28.2 Å². The Morgan fingerprint density at radius 2 is 1.80 bits per heavy atom. The highest BCUT2D eigenvalue weighted by atomic mass is 19.1. The fourth-order valence-electron chi connectivity index (χ4n) is 2.04. The van der Waals surface area contributed by atoms with Gasteiger partial charge in [0.1, 0.15) is 13.2 Å². The summed E-state index contributed by atoms with van der Waals surface area (Å²) in [5.74, 6) is 0.716. The second kappa shape index (κ2) is 7.91. The molecule has 3 aromatic rings. The van der Waals surface area contributed by atoms with Gasteiger partial charge in [-0.1, -0.05) is 6.07 Å². The van der Waals surface area contributed by atoms with Crippen LogP contribution in [0.15, 0.2) is 55.0 Å². The van der Waals surface area contributed by atoms with Crippen LogP contribution in [-0.2, 0) is 0 Å². The van der Waals surface area contributed by atoms with Crippen molar-refractivity contribution in [1.29, 1.82) is 0 Å². The van der Waals surface area contributed by atoms with Crippen molar-refractivity contribution in [2.24, 2.45) is 0 Å². The summed E-state index contributed by atoms with van der Waals surface area (Å²) in [4.78, 5) is 11.1. The molecule has 0 saturated carbocycles. The Labute approximate surface area is 143 Å². The normalized spacial score (nSPS) is 11.9. The van der Waals surface area contributed by atoms with Crippen LogP contribution in [0, 0.1) is 5.82 Å². The van der Waals surface area contributed by atoms with E-state index in [9.17, 15) is 4.39 Å². The predicted octanol–water partition coefficient (Wildman–Crippen LogP) is 2.79. The summed E-state index contributed by atoms with van der Waals surface area (Å²) in [6.07, 6.45) is 4.52. The van der Waals surface area contributed by atoms with E-state index in [1.54, 1.807) is 30.6 Å². The van der Waals surface area contributed by atoms with Crippen molar-refractivity contribution >= 4 is 17.5 Å². The second-order valence-corrected chi connectivity index (χ2v) is 4.93. The topological polar surface area (TPSA) is 95.2 Å². The zero-order valence-electron chi connectivity index (χ0n) is 13.2. The van der Waals surface area contributed by atoms with E-state index in [0.717, 1.165) is 6.20 Å². The van der Waals surface area contributed by atoms with Crippen LogP contribution in [0.5, 0.6) is 11.5 Å². The average Bonchev–Trinajstić information content (AvgIpc) is 2.66. The Kier molecular flexibility index (Phi) is 5.20. The number of ether oxygens (including phenoxy) is 2. The standard InChI is InChI=1S/C12H11FN4O2.C5H5N/c13-8-6-15-12(14)17-11(8)16-7-1-2-9-10(5-7)19-4-3-18-9;1-2-4-6-5-3-1/h1-2,5-6H,3-4H2,(H3,14,15,16,17);1-5H. The minimum Gasteiger partial charge on any atom is -0.486 e. The maximum absolute atomic E-state index is 13.5. The Morgan fingerprint density at radius 3 is 2.48 bits per heavy atom. The molecular weight excluding hydrogens is 325 g/mol. The molecule has 128 valence electrons. The van der Waals surface area contributed by atoms with E-state index >= 15 is 0 Å². The molecule has 0 unspecified atom stereocenters. The number of nitrogen functional groups attached to an aromatic ring is 1. The Bertz CT molecular complexity index is 806.